The molecule has 0 N–H and O–H groups in total. The normalized spacial score (nSPS) is 16.9. The molecule has 0 bridgehead atoms. The lowest BCUT2D eigenvalue weighted by atomic mass is 10.0. The predicted octanol–water partition coefficient (Wildman–Crippen LogP) is 10.4. The number of ether oxygens (including phenoxy) is 1. The molecule has 3 aromatic rings. The number of aryl methyl sites for hydroxylation is 4. The third-order valence-corrected chi connectivity index (χ3v) is 9.12. The summed E-state index contributed by atoms with van der Waals surface area (Å²) in [5.74, 6) is -0.116. The topological polar surface area (TPSA) is 44.1 Å². The Hall–Kier alpha value is -4.22. The summed E-state index contributed by atoms with van der Waals surface area (Å²) in [6.07, 6.45) is 37.3. The van der Waals surface area contributed by atoms with Crippen LogP contribution in [0.25, 0.3) is 10.9 Å². The summed E-state index contributed by atoms with van der Waals surface area (Å²) >= 11 is 0. The Labute approximate surface area is 295 Å². The van der Waals surface area contributed by atoms with Crippen molar-refractivity contribution in [3.05, 3.63) is 138 Å². The minimum atomic E-state index is -0.116. The van der Waals surface area contributed by atoms with Crippen LogP contribution in [0.5, 0.6) is 0 Å². The molecule has 3 heterocycles. The molecule has 5 heteroatoms. The molecular weight excluding hydrogens is 603 g/mol. The third kappa shape index (κ3) is 12.6. The SMILES string of the molecule is CC/C=C\C/C=C\C/C=C\C/C=C\C/C=C\C/C=C\CCC(=O)OC[N+]1(C)CCc2c(c3cc(C)ccc3n2CCc2ccc(C)nc2)C1. The van der Waals surface area contributed by atoms with Gasteiger partial charge in [-0.25, -0.2) is 0 Å². The van der Waals surface area contributed by atoms with E-state index in [0.29, 0.717) is 24.1 Å². The van der Waals surface area contributed by atoms with Crippen LogP contribution in [0.3, 0.4) is 0 Å². The molecule has 0 saturated heterocycles. The van der Waals surface area contributed by atoms with Gasteiger partial charge in [-0.15, -0.1) is 0 Å². The van der Waals surface area contributed by atoms with Gasteiger partial charge in [-0.3, -0.25) is 14.3 Å². The number of aromatic nitrogens is 2. The number of benzene rings is 1. The summed E-state index contributed by atoms with van der Waals surface area (Å²) in [5.41, 5.74) is 7.73. The molecule has 1 aromatic carbocycles. The first-order chi connectivity index (χ1) is 23.9. The predicted molar refractivity (Wildman–Crippen MR) is 206 cm³/mol. The van der Waals surface area contributed by atoms with Gasteiger partial charge in [0, 0.05) is 53.4 Å². The molecule has 0 spiro atoms. The van der Waals surface area contributed by atoms with Gasteiger partial charge in [0.15, 0.2) is 0 Å². The molecule has 1 atom stereocenters. The molecule has 0 fully saturated rings. The van der Waals surface area contributed by atoms with Crippen molar-refractivity contribution in [2.45, 2.75) is 98.1 Å². The first-order valence-electron chi connectivity index (χ1n) is 18.3. The molecule has 2 aromatic heterocycles. The van der Waals surface area contributed by atoms with Crippen LogP contribution in [-0.2, 0) is 35.5 Å². The molecule has 0 amide bonds. The second-order valence-electron chi connectivity index (χ2n) is 13.5. The quantitative estimate of drug-likeness (QED) is 0.0730. The summed E-state index contributed by atoms with van der Waals surface area (Å²) in [6.45, 7) is 9.52. The highest BCUT2D eigenvalue weighted by Gasteiger charge is 2.34. The molecule has 0 saturated carbocycles. The molecule has 49 heavy (non-hydrogen) atoms. The highest BCUT2D eigenvalue weighted by Crippen LogP contribution is 2.34. The zero-order chi connectivity index (χ0) is 34.7. The summed E-state index contributed by atoms with van der Waals surface area (Å²) in [4.78, 5) is 17.1. The Bertz CT molecular complexity index is 1650. The molecular formula is C44H58N3O2+. The second-order valence-corrected chi connectivity index (χ2v) is 13.5. The number of carbonyl (C=O) groups excluding carboxylic acids is 1. The summed E-state index contributed by atoms with van der Waals surface area (Å²) in [5, 5.41) is 1.34. The molecule has 260 valence electrons. The number of pyridine rings is 1. The fourth-order valence-electron chi connectivity index (χ4n) is 6.28. The first-order valence-corrected chi connectivity index (χ1v) is 18.3. The number of quaternary nitrogens is 1. The Morgan fingerprint density at radius 2 is 1.49 bits per heavy atom. The molecule has 4 rings (SSSR count). The van der Waals surface area contributed by atoms with Crippen LogP contribution >= 0.6 is 0 Å². The molecule has 1 aliphatic rings. The highest BCUT2D eigenvalue weighted by atomic mass is 16.5. The van der Waals surface area contributed by atoms with Gasteiger partial charge in [-0.05, 0) is 89.0 Å². The molecule has 5 nitrogen and oxygen atoms in total. The van der Waals surface area contributed by atoms with E-state index in [1.165, 1.54) is 33.3 Å². The first kappa shape index (κ1) is 37.6. The Morgan fingerprint density at radius 3 is 2.10 bits per heavy atom. The number of hydrogen-bond acceptors (Lipinski definition) is 3. The van der Waals surface area contributed by atoms with Gasteiger partial charge in [0.25, 0.3) is 0 Å². The third-order valence-electron chi connectivity index (χ3n) is 9.12. The maximum Gasteiger partial charge on any atom is 0.310 e. The largest absolute Gasteiger partial charge is 0.415 e. The lowest BCUT2D eigenvalue weighted by Gasteiger charge is -2.37. The van der Waals surface area contributed by atoms with E-state index < -0.39 is 0 Å². The van der Waals surface area contributed by atoms with Gasteiger partial charge in [-0.2, -0.15) is 0 Å². The monoisotopic (exact) mass is 660 g/mol. The minimum absolute atomic E-state index is 0.116. The fourth-order valence-corrected chi connectivity index (χ4v) is 6.28. The van der Waals surface area contributed by atoms with Crippen molar-refractivity contribution in [3.8, 4) is 0 Å². The van der Waals surface area contributed by atoms with E-state index >= 15 is 0 Å². The summed E-state index contributed by atoms with van der Waals surface area (Å²) in [6, 6.07) is 11.1. The molecule has 1 aliphatic heterocycles. The van der Waals surface area contributed by atoms with Gasteiger partial charge in [0.1, 0.15) is 6.54 Å². The van der Waals surface area contributed by atoms with Crippen molar-refractivity contribution < 1.29 is 14.0 Å². The highest BCUT2D eigenvalue weighted by molar-refractivity contribution is 5.86. The lowest BCUT2D eigenvalue weighted by Crippen LogP contribution is -2.49. The van der Waals surface area contributed by atoms with Gasteiger partial charge >= 0.3 is 5.97 Å². The number of esters is 1. The van der Waals surface area contributed by atoms with E-state index in [0.717, 1.165) is 76.7 Å². The summed E-state index contributed by atoms with van der Waals surface area (Å²) in [7, 11) is 2.22. The van der Waals surface area contributed by atoms with Gasteiger partial charge in [0.2, 0.25) is 6.73 Å². The van der Waals surface area contributed by atoms with E-state index in [2.05, 4.69) is 134 Å². The zero-order valence-electron chi connectivity index (χ0n) is 30.4. The van der Waals surface area contributed by atoms with Crippen LogP contribution in [-0.4, -0.2) is 40.3 Å². The van der Waals surface area contributed by atoms with Crippen molar-refractivity contribution in [2.75, 3.05) is 20.3 Å². The Balaban J connectivity index is 1.15. The van der Waals surface area contributed by atoms with Crippen molar-refractivity contribution in [3.63, 3.8) is 0 Å². The number of carbonyl (C=O) groups is 1. The van der Waals surface area contributed by atoms with Crippen molar-refractivity contribution in [1.82, 2.24) is 9.55 Å². The number of hydrogen-bond donors (Lipinski definition) is 0. The Morgan fingerprint density at radius 1 is 0.857 bits per heavy atom. The van der Waals surface area contributed by atoms with Gasteiger partial charge < -0.3 is 9.30 Å². The maximum atomic E-state index is 12.7. The van der Waals surface area contributed by atoms with Crippen LogP contribution in [0.1, 0.15) is 86.4 Å². The minimum Gasteiger partial charge on any atom is -0.415 e. The number of rotatable bonds is 19. The van der Waals surface area contributed by atoms with Gasteiger partial charge in [-0.1, -0.05) is 97.5 Å². The molecule has 0 radical (unpaired) electrons. The van der Waals surface area contributed by atoms with E-state index in [1.807, 2.05) is 13.1 Å². The van der Waals surface area contributed by atoms with E-state index in [9.17, 15) is 4.79 Å². The number of allylic oxidation sites excluding steroid dienone is 12. The van der Waals surface area contributed by atoms with Crippen LogP contribution in [0.15, 0.2) is 109 Å². The smallest absolute Gasteiger partial charge is 0.310 e. The molecule has 1 unspecified atom stereocenters. The number of likely N-dealkylation sites (N-methyl/N-ethyl adjacent to an activating group) is 1. The van der Waals surface area contributed by atoms with Crippen molar-refractivity contribution >= 4 is 16.9 Å². The van der Waals surface area contributed by atoms with E-state index in [4.69, 9.17) is 4.74 Å². The summed E-state index contributed by atoms with van der Waals surface area (Å²) < 4.78 is 9.08. The fraction of sp³-hybridized carbons (Fsp3) is 0.409. The maximum absolute atomic E-state index is 12.7. The zero-order valence-corrected chi connectivity index (χ0v) is 30.4. The van der Waals surface area contributed by atoms with Crippen LogP contribution in [0.4, 0.5) is 0 Å². The van der Waals surface area contributed by atoms with Crippen LogP contribution < -0.4 is 0 Å². The number of nitrogens with zero attached hydrogens (tertiary/aromatic N) is 3. The standard InChI is InChI=1S/C44H58N3O2/c1-5-6-7-8-9-10-11-12-13-14-15-16-17-18-19-20-21-22-23-24-44(48)49-36-47(4)32-30-43-41(35-47)40-33-37(2)25-28-42(40)46(43)31-29-39-27-26-38(3)45-34-39/h6-7,9-10,12-13,15-16,18-19,21-22,25-28,33-34H,5,8,11,14,17,20,23-24,29-32,35-36H2,1-4H3/q+1/b7-6-,10-9-,13-12-,16-15-,19-18-,22-21-. The van der Waals surface area contributed by atoms with Crippen molar-refractivity contribution in [2.24, 2.45) is 0 Å². The van der Waals surface area contributed by atoms with E-state index in [1.54, 1.807) is 0 Å². The average molecular weight is 661 g/mol. The van der Waals surface area contributed by atoms with Crippen LogP contribution in [0, 0.1) is 13.8 Å². The molecule has 0 aliphatic carbocycles. The van der Waals surface area contributed by atoms with Crippen molar-refractivity contribution in [1.29, 1.82) is 0 Å². The Kier molecular flexibility index (Phi) is 15.6. The lowest BCUT2D eigenvalue weighted by molar-refractivity contribution is -0.940. The van der Waals surface area contributed by atoms with Gasteiger partial charge in [0.05, 0.1) is 13.6 Å². The number of fused-ring (bicyclic) bond motifs is 3. The average Bonchev–Trinajstić information content (AvgIpc) is 3.39. The van der Waals surface area contributed by atoms with E-state index in [-0.39, 0.29) is 5.97 Å². The van der Waals surface area contributed by atoms with Crippen LogP contribution in [0.2, 0.25) is 0 Å². The second kappa shape index (κ2) is 20.3.